The second kappa shape index (κ2) is 7.83. The maximum atomic E-state index is 14.3. The number of fused-ring (bicyclic) bond motifs is 2. The van der Waals surface area contributed by atoms with Gasteiger partial charge in [-0.15, -0.1) is 0 Å². The monoisotopic (exact) mass is 422 g/mol. The highest BCUT2D eigenvalue weighted by Crippen LogP contribution is 2.46. The van der Waals surface area contributed by atoms with Gasteiger partial charge in [-0.2, -0.15) is 0 Å². The van der Waals surface area contributed by atoms with Gasteiger partial charge in [0.25, 0.3) is 0 Å². The first-order valence-electron chi connectivity index (χ1n) is 11.7. The zero-order chi connectivity index (χ0) is 23.4. The third-order valence-electron chi connectivity index (χ3n) is 6.75. The number of nitrogens with one attached hydrogen (secondary N) is 2. The lowest BCUT2D eigenvalue weighted by Gasteiger charge is -2.62. The number of carbonyl (C=O) groups excluding carboxylic acids is 1. The van der Waals surface area contributed by atoms with Gasteiger partial charge in [0.05, 0.1) is 10.8 Å². The lowest BCUT2D eigenvalue weighted by molar-refractivity contribution is -0.170. The first-order chi connectivity index (χ1) is 13.2. The van der Waals surface area contributed by atoms with Crippen LogP contribution in [0.1, 0.15) is 83.1 Å². The van der Waals surface area contributed by atoms with Crippen LogP contribution >= 0.6 is 0 Å². The Bertz CT molecular complexity index is 561. The molecular formula is C25H50N4O. The number of likely N-dealkylation sites (tertiary alicyclic amines) is 2. The quantitative estimate of drug-likeness (QED) is 0.726. The number of hydrogen-bond acceptors (Lipinski definition) is 5. The molecule has 0 aliphatic carbocycles. The molecule has 2 bridgehead atoms. The largest absolute Gasteiger partial charge is 0.311 e. The summed E-state index contributed by atoms with van der Waals surface area (Å²) in [5.74, 6) is 0.463. The molecule has 2 aliphatic rings. The van der Waals surface area contributed by atoms with E-state index in [0.717, 1.165) is 39.3 Å². The van der Waals surface area contributed by atoms with E-state index in [0.29, 0.717) is 5.78 Å². The third-order valence-corrected chi connectivity index (χ3v) is 6.75. The average molecular weight is 423 g/mol. The van der Waals surface area contributed by atoms with Crippen LogP contribution in [0, 0.1) is 10.8 Å². The minimum absolute atomic E-state index is 0.0185. The Balaban J connectivity index is 2.55. The summed E-state index contributed by atoms with van der Waals surface area (Å²) in [5.41, 5.74) is -0.770. The first kappa shape index (κ1) is 25.8. The molecule has 0 saturated carbocycles. The Morgan fingerprint density at radius 2 is 0.900 bits per heavy atom. The molecule has 2 saturated heterocycles. The van der Waals surface area contributed by atoms with Crippen molar-refractivity contribution in [3.05, 3.63) is 0 Å². The summed E-state index contributed by atoms with van der Waals surface area (Å²) in [6.07, 6.45) is 0. The Morgan fingerprint density at radius 1 is 0.633 bits per heavy atom. The molecule has 5 heteroatoms. The maximum absolute atomic E-state index is 14.3. The second-order valence-corrected chi connectivity index (χ2v) is 14.2. The molecule has 0 aromatic carbocycles. The molecule has 0 aromatic rings. The van der Waals surface area contributed by atoms with Gasteiger partial charge in [0.15, 0.2) is 5.78 Å². The van der Waals surface area contributed by atoms with Crippen LogP contribution in [0.25, 0.3) is 0 Å². The summed E-state index contributed by atoms with van der Waals surface area (Å²) in [6.45, 7) is 31.6. The molecule has 0 unspecified atom stereocenters. The van der Waals surface area contributed by atoms with Crippen LogP contribution in [0.5, 0.6) is 0 Å². The third kappa shape index (κ3) is 5.85. The first-order valence-corrected chi connectivity index (χ1v) is 11.7. The molecule has 0 atom stereocenters. The smallest absolute Gasteiger partial charge is 0.152 e. The van der Waals surface area contributed by atoms with E-state index in [4.69, 9.17) is 0 Å². The second-order valence-electron chi connectivity index (χ2n) is 14.2. The fourth-order valence-electron chi connectivity index (χ4n) is 4.72. The van der Waals surface area contributed by atoms with Crippen LogP contribution in [-0.4, -0.2) is 77.0 Å². The van der Waals surface area contributed by atoms with Crippen LogP contribution in [0.15, 0.2) is 0 Å². The fourth-order valence-corrected chi connectivity index (χ4v) is 4.72. The maximum Gasteiger partial charge on any atom is 0.152 e. The normalized spacial score (nSPS) is 30.1. The summed E-state index contributed by atoms with van der Waals surface area (Å²) in [5, 5.41) is 7.41. The number of carbonyl (C=O) groups is 1. The van der Waals surface area contributed by atoms with Crippen molar-refractivity contribution in [2.45, 2.75) is 105 Å². The zero-order valence-electron chi connectivity index (χ0n) is 22.0. The molecule has 2 heterocycles. The van der Waals surface area contributed by atoms with Crippen molar-refractivity contribution < 1.29 is 4.79 Å². The van der Waals surface area contributed by atoms with Crippen molar-refractivity contribution in [2.75, 3.05) is 39.3 Å². The molecule has 2 fully saturated rings. The van der Waals surface area contributed by atoms with E-state index in [-0.39, 0.29) is 22.2 Å². The summed E-state index contributed by atoms with van der Waals surface area (Å²) in [7, 11) is 0. The molecule has 0 radical (unpaired) electrons. The summed E-state index contributed by atoms with van der Waals surface area (Å²) in [6, 6.07) is 0. The highest BCUT2D eigenvalue weighted by Gasteiger charge is 2.62. The number of nitrogens with zero attached hydrogens (tertiary/aromatic N) is 2. The number of Topliss-reactive ketones (excluding diaryl/α,β-unsaturated/α-hetero) is 1. The van der Waals surface area contributed by atoms with Crippen molar-refractivity contribution in [3.8, 4) is 0 Å². The number of rotatable bonds is 4. The van der Waals surface area contributed by atoms with Crippen LogP contribution < -0.4 is 10.6 Å². The Morgan fingerprint density at radius 3 is 1.10 bits per heavy atom. The summed E-state index contributed by atoms with van der Waals surface area (Å²) >= 11 is 0. The van der Waals surface area contributed by atoms with E-state index in [1.54, 1.807) is 0 Å². The van der Waals surface area contributed by atoms with Gasteiger partial charge in [-0.25, -0.2) is 0 Å². The Kier molecular flexibility index (Phi) is 6.72. The fraction of sp³-hybridized carbons (Fsp3) is 0.960. The van der Waals surface area contributed by atoms with Gasteiger partial charge in [0.1, 0.15) is 0 Å². The molecule has 5 nitrogen and oxygen atoms in total. The molecule has 0 amide bonds. The Hall–Kier alpha value is -0.490. The molecule has 0 spiro atoms. The van der Waals surface area contributed by atoms with Gasteiger partial charge in [0.2, 0.25) is 0 Å². The number of hydrogen-bond donors (Lipinski definition) is 2. The standard InChI is InChI=1S/C25H50N4O/c1-20(2,3)26-13-24-15-28(22(7,8)9)17-25(19(24)30,14-27-21(4,5)6)18-29(16-24)23(10,11)12/h26-27H,13-18H2,1-12H3. The van der Waals surface area contributed by atoms with Gasteiger partial charge < -0.3 is 10.6 Å². The molecule has 30 heavy (non-hydrogen) atoms. The highest BCUT2D eigenvalue weighted by atomic mass is 16.1. The Labute approximate surface area is 186 Å². The average Bonchev–Trinajstić information content (AvgIpc) is 2.49. The predicted molar refractivity (Wildman–Crippen MR) is 128 cm³/mol. The minimum Gasteiger partial charge on any atom is -0.311 e. The van der Waals surface area contributed by atoms with Crippen LogP contribution in [-0.2, 0) is 4.79 Å². The van der Waals surface area contributed by atoms with E-state index in [1.807, 2.05) is 0 Å². The van der Waals surface area contributed by atoms with Crippen molar-refractivity contribution >= 4 is 5.78 Å². The SMILES string of the molecule is CC(C)(C)NCC12CN(C(C)(C)C)CC(CNC(C)(C)C)(CN(C(C)(C)C)C1)C2=O. The van der Waals surface area contributed by atoms with E-state index >= 15 is 0 Å². The molecule has 2 aliphatic heterocycles. The zero-order valence-corrected chi connectivity index (χ0v) is 22.0. The number of ketones is 1. The van der Waals surface area contributed by atoms with Crippen molar-refractivity contribution in [1.82, 2.24) is 20.4 Å². The summed E-state index contributed by atoms with van der Waals surface area (Å²) in [4.78, 5) is 19.4. The summed E-state index contributed by atoms with van der Waals surface area (Å²) < 4.78 is 0. The molecule has 2 N–H and O–H groups in total. The van der Waals surface area contributed by atoms with Gasteiger partial charge >= 0.3 is 0 Å². The lowest BCUT2D eigenvalue weighted by atomic mass is 9.60. The molecular weight excluding hydrogens is 372 g/mol. The number of piperidine rings is 2. The van der Waals surface area contributed by atoms with E-state index in [2.05, 4.69) is 104 Å². The van der Waals surface area contributed by atoms with Gasteiger partial charge in [-0.05, 0) is 83.1 Å². The van der Waals surface area contributed by atoms with E-state index in [1.165, 1.54) is 0 Å². The van der Waals surface area contributed by atoms with Gasteiger partial charge in [0, 0.05) is 61.4 Å². The topological polar surface area (TPSA) is 47.6 Å². The predicted octanol–water partition coefficient (Wildman–Crippen LogP) is 3.53. The molecule has 0 aromatic heterocycles. The minimum atomic E-state index is -0.399. The van der Waals surface area contributed by atoms with Crippen molar-refractivity contribution in [1.29, 1.82) is 0 Å². The highest BCUT2D eigenvalue weighted by molar-refractivity contribution is 5.93. The van der Waals surface area contributed by atoms with Crippen LogP contribution in [0.4, 0.5) is 0 Å². The van der Waals surface area contributed by atoms with Gasteiger partial charge in [-0.1, -0.05) is 0 Å². The van der Waals surface area contributed by atoms with E-state index in [9.17, 15) is 4.79 Å². The van der Waals surface area contributed by atoms with Crippen LogP contribution in [0.3, 0.4) is 0 Å². The van der Waals surface area contributed by atoms with Gasteiger partial charge in [-0.3, -0.25) is 14.6 Å². The van der Waals surface area contributed by atoms with Crippen molar-refractivity contribution in [2.24, 2.45) is 10.8 Å². The van der Waals surface area contributed by atoms with E-state index < -0.39 is 10.8 Å². The molecule has 2 rings (SSSR count). The lowest BCUT2D eigenvalue weighted by Crippen LogP contribution is -2.77. The molecule has 176 valence electrons. The van der Waals surface area contributed by atoms with Crippen molar-refractivity contribution in [3.63, 3.8) is 0 Å². The van der Waals surface area contributed by atoms with Crippen LogP contribution in [0.2, 0.25) is 0 Å².